The minimum absolute atomic E-state index is 0.00230. The number of benzene rings is 2. The Balaban J connectivity index is 2.20. The lowest BCUT2D eigenvalue weighted by molar-refractivity contribution is -0.143. The Labute approximate surface area is 179 Å². The Morgan fingerprint density at radius 3 is 2.23 bits per heavy atom. The zero-order chi connectivity index (χ0) is 22.1. The van der Waals surface area contributed by atoms with Crippen molar-refractivity contribution in [2.45, 2.75) is 52.7 Å². The number of ether oxygens (including phenoxy) is 2. The van der Waals surface area contributed by atoms with E-state index in [2.05, 4.69) is 5.32 Å². The fourth-order valence-corrected chi connectivity index (χ4v) is 3.17. The normalized spacial score (nSPS) is 11.7. The van der Waals surface area contributed by atoms with E-state index >= 15 is 0 Å². The van der Waals surface area contributed by atoms with Crippen LogP contribution in [0, 0.1) is 6.92 Å². The lowest BCUT2D eigenvalue weighted by Crippen LogP contribution is -2.51. The standard InChI is InChI=1S/C24H32N2O4/c1-6-22(24(28)25-17(2)3)26(15-19-10-8-7-9-18(19)4)23(27)16-30-21-13-11-20(29-5)12-14-21/h7-14,17,22H,6,15-16H2,1-5H3,(H,25,28)/t22-/m0/s1. The van der Waals surface area contributed by atoms with Crippen LogP contribution in [0.3, 0.4) is 0 Å². The summed E-state index contributed by atoms with van der Waals surface area (Å²) in [4.78, 5) is 27.5. The molecule has 2 aromatic rings. The summed E-state index contributed by atoms with van der Waals surface area (Å²) in [7, 11) is 1.59. The van der Waals surface area contributed by atoms with Crippen molar-refractivity contribution in [2.75, 3.05) is 13.7 Å². The minimum atomic E-state index is -0.570. The summed E-state index contributed by atoms with van der Waals surface area (Å²) in [5.41, 5.74) is 2.08. The number of carbonyl (C=O) groups excluding carboxylic acids is 2. The van der Waals surface area contributed by atoms with E-state index in [-0.39, 0.29) is 24.5 Å². The van der Waals surface area contributed by atoms with Gasteiger partial charge >= 0.3 is 0 Å². The first-order valence-electron chi connectivity index (χ1n) is 10.3. The van der Waals surface area contributed by atoms with Gasteiger partial charge in [-0.3, -0.25) is 9.59 Å². The zero-order valence-corrected chi connectivity index (χ0v) is 18.5. The third-order valence-electron chi connectivity index (χ3n) is 4.84. The van der Waals surface area contributed by atoms with Crippen molar-refractivity contribution in [2.24, 2.45) is 0 Å². The molecular formula is C24H32N2O4. The second-order valence-corrected chi connectivity index (χ2v) is 7.50. The highest BCUT2D eigenvalue weighted by atomic mass is 16.5. The Morgan fingerprint density at radius 1 is 1.03 bits per heavy atom. The number of hydrogen-bond acceptors (Lipinski definition) is 4. The topological polar surface area (TPSA) is 67.9 Å². The molecule has 0 bridgehead atoms. The van der Waals surface area contributed by atoms with Crippen molar-refractivity contribution < 1.29 is 19.1 Å². The molecule has 0 heterocycles. The highest BCUT2D eigenvalue weighted by Gasteiger charge is 2.29. The lowest BCUT2D eigenvalue weighted by atomic mass is 10.1. The smallest absolute Gasteiger partial charge is 0.261 e. The van der Waals surface area contributed by atoms with Crippen LogP contribution in [0.25, 0.3) is 0 Å². The van der Waals surface area contributed by atoms with Crippen LogP contribution in [0.5, 0.6) is 11.5 Å². The Bertz CT molecular complexity index is 833. The van der Waals surface area contributed by atoms with Crippen LogP contribution in [-0.4, -0.2) is 42.5 Å². The van der Waals surface area contributed by atoms with Gasteiger partial charge in [-0.25, -0.2) is 0 Å². The number of aryl methyl sites for hydroxylation is 1. The van der Waals surface area contributed by atoms with Crippen molar-refractivity contribution >= 4 is 11.8 Å². The van der Waals surface area contributed by atoms with E-state index in [1.54, 1.807) is 36.3 Å². The SMILES string of the molecule is CC[C@@H](C(=O)NC(C)C)N(Cc1ccccc1C)C(=O)COc1ccc(OC)cc1. The van der Waals surface area contributed by atoms with Gasteiger partial charge in [0.25, 0.3) is 5.91 Å². The monoisotopic (exact) mass is 412 g/mol. The molecule has 0 unspecified atom stereocenters. The van der Waals surface area contributed by atoms with Gasteiger partial charge in [0.15, 0.2) is 6.61 Å². The average Bonchev–Trinajstić information content (AvgIpc) is 2.73. The van der Waals surface area contributed by atoms with Gasteiger partial charge in [-0.2, -0.15) is 0 Å². The van der Waals surface area contributed by atoms with Gasteiger partial charge in [-0.15, -0.1) is 0 Å². The van der Waals surface area contributed by atoms with Crippen LogP contribution in [-0.2, 0) is 16.1 Å². The fourth-order valence-electron chi connectivity index (χ4n) is 3.17. The second-order valence-electron chi connectivity index (χ2n) is 7.50. The molecule has 0 fully saturated rings. The molecule has 2 aromatic carbocycles. The number of methoxy groups -OCH3 is 1. The molecule has 0 aliphatic rings. The highest BCUT2D eigenvalue weighted by Crippen LogP contribution is 2.19. The molecule has 0 saturated heterocycles. The number of rotatable bonds is 10. The number of nitrogens with zero attached hydrogens (tertiary/aromatic N) is 1. The van der Waals surface area contributed by atoms with Gasteiger partial charge in [-0.1, -0.05) is 31.2 Å². The summed E-state index contributed by atoms with van der Waals surface area (Å²) < 4.78 is 10.8. The first-order chi connectivity index (χ1) is 14.3. The Hall–Kier alpha value is -3.02. The van der Waals surface area contributed by atoms with Gasteiger partial charge in [0, 0.05) is 12.6 Å². The van der Waals surface area contributed by atoms with Gasteiger partial charge in [0.05, 0.1) is 7.11 Å². The van der Waals surface area contributed by atoms with Crippen LogP contribution in [0.1, 0.15) is 38.3 Å². The molecule has 1 atom stereocenters. The molecule has 0 spiro atoms. The molecule has 0 radical (unpaired) electrons. The molecule has 2 amide bonds. The van der Waals surface area contributed by atoms with E-state index in [1.165, 1.54) is 0 Å². The van der Waals surface area contributed by atoms with Crippen molar-refractivity contribution in [3.63, 3.8) is 0 Å². The Morgan fingerprint density at radius 2 is 1.67 bits per heavy atom. The summed E-state index contributed by atoms with van der Waals surface area (Å²) in [5, 5.41) is 2.93. The average molecular weight is 413 g/mol. The van der Waals surface area contributed by atoms with Crippen molar-refractivity contribution in [1.29, 1.82) is 0 Å². The first kappa shape index (κ1) is 23.3. The van der Waals surface area contributed by atoms with Crippen molar-refractivity contribution in [3.8, 4) is 11.5 Å². The molecule has 6 nitrogen and oxygen atoms in total. The van der Waals surface area contributed by atoms with E-state index in [1.807, 2.05) is 52.0 Å². The molecule has 1 N–H and O–H groups in total. The van der Waals surface area contributed by atoms with E-state index in [9.17, 15) is 9.59 Å². The largest absolute Gasteiger partial charge is 0.497 e. The molecular weight excluding hydrogens is 380 g/mol. The lowest BCUT2D eigenvalue weighted by Gasteiger charge is -2.31. The molecule has 30 heavy (non-hydrogen) atoms. The van der Waals surface area contributed by atoms with Gasteiger partial charge in [0.1, 0.15) is 17.5 Å². The number of carbonyl (C=O) groups is 2. The predicted molar refractivity (Wildman–Crippen MR) is 118 cm³/mol. The molecule has 162 valence electrons. The van der Waals surface area contributed by atoms with E-state index in [0.717, 1.165) is 11.1 Å². The highest BCUT2D eigenvalue weighted by molar-refractivity contribution is 5.88. The maximum atomic E-state index is 13.1. The maximum Gasteiger partial charge on any atom is 0.261 e. The summed E-state index contributed by atoms with van der Waals surface area (Å²) >= 11 is 0. The van der Waals surface area contributed by atoms with Gasteiger partial charge in [-0.05, 0) is 62.6 Å². The molecule has 6 heteroatoms. The Kier molecular flexibility index (Phi) is 8.71. The van der Waals surface area contributed by atoms with Crippen molar-refractivity contribution in [1.82, 2.24) is 10.2 Å². The van der Waals surface area contributed by atoms with Crippen LogP contribution < -0.4 is 14.8 Å². The summed E-state index contributed by atoms with van der Waals surface area (Å²) in [6.45, 7) is 7.93. The van der Waals surface area contributed by atoms with E-state index < -0.39 is 6.04 Å². The fraction of sp³-hybridized carbons (Fsp3) is 0.417. The van der Waals surface area contributed by atoms with Crippen LogP contribution in [0.2, 0.25) is 0 Å². The minimum Gasteiger partial charge on any atom is -0.497 e. The number of hydrogen-bond donors (Lipinski definition) is 1. The van der Waals surface area contributed by atoms with Gasteiger partial charge < -0.3 is 19.7 Å². The summed E-state index contributed by atoms with van der Waals surface area (Å²) in [6, 6.07) is 14.4. The number of amides is 2. The quantitative estimate of drug-likeness (QED) is 0.646. The third-order valence-corrected chi connectivity index (χ3v) is 4.84. The third kappa shape index (κ3) is 6.51. The van der Waals surface area contributed by atoms with Crippen molar-refractivity contribution in [3.05, 3.63) is 59.7 Å². The molecule has 0 aromatic heterocycles. The second kappa shape index (κ2) is 11.2. The molecule has 0 aliphatic carbocycles. The van der Waals surface area contributed by atoms with Gasteiger partial charge in [0.2, 0.25) is 5.91 Å². The van der Waals surface area contributed by atoms with Crippen LogP contribution >= 0.6 is 0 Å². The summed E-state index contributed by atoms with van der Waals surface area (Å²) in [6.07, 6.45) is 0.513. The van der Waals surface area contributed by atoms with E-state index in [0.29, 0.717) is 24.5 Å². The van der Waals surface area contributed by atoms with Crippen LogP contribution in [0.15, 0.2) is 48.5 Å². The first-order valence-corrected chi connectivity index (χ1v) is 10.3. The predicted octanol–water partition coefficient (Wildman–Crippen LogP) is 3.71. The molecule has 2 rings (SSSR count). The number of nitrogens with one attached hydrogen (secondary N) is 1. The zero-order valence-electron chi connectivity index (χ0n) is 18.5. The van der Waals surface area contributed by atoms with E-state index in [4.69, 9.17) is 9.47 Å². The molecule has 0 saturated carbocycles. The maximum absolute atomic E-state index is 13.1. The van der Waals surface area contributed by atoms with Crippen LogP contribution in [0.4, 0.5) is 0 Å². The summed E-state index contributed by atoms with van der Waals surface area (Å²) in [5.74, 6) is 0.893. The molecule has 0 aliphatic heterocycles.